The maximum atomic E-state index is 13.8. The van der Waals surface area contributed by atoms with Crippen molar-refractivity contribution in [3.05, 3.63) is 17.0 Å². The van der Waals surface area contributed by atoms with Gasteiger partial charge in [-0.15, -0.1) is 0 Å². The normalized spacial score (nSPS) is 23.9. The molecule has 2 aliphatic rings. The molecule has 0 bridgehead atoms. The molecule has 0 saturated carbocycles. The number of ether oxygens (including phenoxy) is 1. The van der Waals surface area contributed by atoms with Crippen molar-refractivity contribution >= 4 is 5.91 Å². The lowest BCUT2D eigenvalue weighted by molar-refractivity contribution is -0.138. The van der Waals surface area contributed by atoms with Gasteiger partial charge in [-0.05, 0) is 20.8 Å². The Morgan fingerprint density at radius 1 is 1.40 bits per heavy atom. The summed E-state index contributed by atoms with van der Waals surface area (Å²) in [4.78, 5) is 15.9. The van der Waals surface area contributed by atoms with E-state index in [9.17, 15) is 13.6 Å². The Kier molecular flexibility index (Phi) is 5.11. The van der Waals surface area contributed by atoms with Crippen LogP contribution in [0.3, 0.4) is 0 Å². The van der Waals surface area contributed by atoms with Crippen molar-refractivity contribution in [2.45, 2.75) is 51.6 Å². The molecule has 0 radical (unpaired) electrons. The number of aryl methyl sites for hydroxylation is 2. The van der Waals surface area contributed by atoms with E-state index in [0.717, 1.165) is 11.3 Å². The predicted molar refractivity (Wildman–Crippen MR) is 86.6 cm³/mol. The Balaban J connectivity index is 1.55. The molecule has 0 spiro atoms. The van der Waals surface area contributed by atoms with Crippen molar-refractivity contribution in [2.24, 2.45) is 0 Å². The number of nitrogens with zero attached hydrogens (tertiary/aromatic N) is 3. The van der Waals surface area contributed by atoms with Crippen LogP contribution in [0.4, 0.5) is 8.78 Å². The monoisotopic (exact) mass is 357 g/mol. The van der Waals surface area contributed by atoms with Gasteiger partial charge in [-0.2, -0.15) is 0 Å². The summed E-state index contributed by atoms with van der Waals surface area (Å²) in [7, 11) is 0. The highest BCUT2D eigenvalue weighted by atomic mass is 19.3. The number of alkyl halides is 2. The summed E-state index contributed by atoms with van der Waals surface area (Å²) in [5.74, 6) is -2.04. The second-order valence-electron chi connectivity index (χ2n) is 6.98. The average molecular weight is 357 g/mol. The van der Waals surface area contributed by atoms with Gasteiger partial charge in [0.15, 0.2) is 0 Å². The number of halogens is 2. The fourth-order valence-corrected chi connectivity index (χ4v) is 3.64. The van der Waals surface area contributed by atoms with E-state index in [2.05, 4.69) is 5.16 Å². The molecule has 2 saturated heterocycles. The minimum Gasteiger partial charge on any atom is -0.380 e. The molecule has 3 heterocycles. The highest BCUT2D eigenvalue weighted by molar-refractivity contribution is 5.80. The maximum absolute atomic E-state index is 13.8. The number of aromatic nitrogens is 1. The number of hydrogen-bond donors (Lipinski definition) is 0. The van der Waals surface area contributed by atoms with E-state index in [-0.39, 0.29) is 37.4 Å². The molecule has 8 heteroatoms. The summed E-state index contributed by atoms with van der Waals surface area (Å²) in [6, 6.07) is -0.299. The Bertz CT molecular complexity index is 609. The van der Waals surface area contributed by atoms with E-state index in [1.54, 1.807) is 11.8 Å². The molecule has 0 unspecified atom stereocenters. The van der Waals surface area contributed by atoms with Gasteiger partial charge < -0.3 is 14.2 Å². The van der Waals surface area contributed by atoms with Gasteiger partial charge in [-0.3, -0.25) is 9.69 Å². The third-order valence-electron chi connectivity index (χ3n) is 5.12. The first-order valence-electron chi connectivity index (χ1n) is 8.71. The van der Waals surface area contributed by atoms with Gasteiger partial charge in [0.05, 0.1) is 25.3 Å². The van der Waals surface area contributed by atoms with Crippen LogP contribution < -0.4 is 0 Å². The first-order valence-corrected chi connectivity index (χ1v) is 8.71. The van der Waals surface area contributed by atoms with Gasteiger partial charge >= 0.3 is 0 Å². The van der Waals surface area contributed by atoms with E-state index < -0.39 is 5.92 Å². The zero-order valence-corrected chi connectivity index (χ0v) is 14.9. The minimum atomic E-state index is -2.68. The van der Waals surface area contributed by atoms with E-state index >= 15 is 0 Å². The molecule has 2 fully saturated rings. The van der Waals surface area contributed by atoms with Crippen LogP contribution in [0.15, 0.2) is 4.52 Å². The molecular formula is C17H25F2N3O3. The lowest BCUT2D eigenvalue weighted by Gasteiger charge is -2.46. The van der Waals surface area contributed by atoms with E-state index in [1.807, 2.05) is 18.7 Å². The van der Waals surface area contributed by atoms with Gasteiger partial charge in [0.1, 0.15) is 5.76 Å². The largest absolute Gasteiger partial charge is 0.380 e. The second-order valence-corrected chi connectivity index (χ2v) is 6.98. The highest BCUT2D eigenvalue weighted by Gasteiger charge is 2.50. The standard InChI is InChI=1S/C17H25F2N3O3/c1-4-24-9-13-6-17(18,19)10-22(13)14-7-21(8-14)16(23)5-15-11(2)20-25-12(15)3/h13-14H,4-10H2,1-3H3/t13-/m0/s1. The first-order chi connectivity index (χ1) is 11.8. The summed E-state index contributed by atoms with van der Waals surface area (Å²) >= 11 is 0. The number of likely N-dealkylation sites (tertiary alicyclic amines) is 2. The lowest BCUT2D eigenvalue weighted by Crippen LogP contribution is -2.62. The quantitative estimate of drug-likeness (QED) is 0.777. The third-order valence-corrected chi connectivity index (χ3v) is 5.12. The van der Waals surface area contributed by atoms with Crippen molar-refractivity contribution in [1.82, 2.24) is 15.0 Å². The molecular weight excluding hydrogens is 332 g/mol. The van der Waals surface area contributed by atoms with Gasteiger partial charge in [-0.25, -0.2) is 8.78 Å². The molecule has 0 N–H and O–H groups in total. The number of carbonyl (C=O) groups excluding carboxylic acids is 1. The molecule has 3 rings (SSSR count). The van der Waals surface area contributed by atoms with Gasteiger partial charge in [0, 0.05) is 43.8 Å². The van der Waals surface area contributed by atoms with Crippen molar-refractivity contribution in [3.63, 3.8) is 0 Å². The molecule has 0 aliphatic carbocycles. The summed E-state index contributed by atoms with van der Waals surface area (Å²) < 4.78 is 38.0. The SMILES string of the molecule is CCOC[C@@H]1CC(F)(F)CN1C1CN(C(=O)Cc2c(C)noc2C)C1. The van der Waals surface area contributed by atoms with Crippen LogP contribution in [-0.2, 0) is 16.0 Å². The molecule has 2 aliphatic heterocycles. The number of rotatable bonds is 6. The number of hydrogen-bond acceptors (Lipinski definition) is 5. The van der Waals surface area contributed by atoms with Crippen molar-refractivity contribution < 1.29 is 22.8 Å². The molecule has 1 aromatic heterocycles. The molecule has 1 aromatic rings. The molecule has 140 valence electrons. The van der Waals surface area contributed by atoms with Crippen LogP contribution in [0.25, 0.3) is 0 Å². The minimum absolute atomic E-state index is 0.0158. The topological polar surface area (TPSA) is 58.8 Å². The van der Waals surface area contributed by atoms with Crippen LogP contribution >= 0.6 is 0 Å². The second kappa shape index (κ2) is 6.99. The van der Waals surface area contributed by atoms with E-state index in [0.29, 0.717) is 32.1 Å². The molecule has 6 nitrogen and oxygen atoms in total. The fraction of sp³-hybridized carbons (Fsp3) is 0.765. The molecule has 1 atom stereocenters. The maximum Gasteiger partial charge on any atom is 0.262 e. The lowest BCUT2D eigenvalue weighted by atomic mass is 10.0. The number of amides is 1. The van der Waals surface area contributed by atoms with E-state index in [4.69, 9.17) is 9.26 Å². The zero-order chi connectivity index (χ0) is 18.2. The Labute approximate surface area is 146 Å². The Hall–Kier alpha value is -1.54. The number of carbonyl (C=O) groups is 1. The third kappa shape index (κ3) is 3.84. The van der Waals surface area contributed by atoms with Crippen molar-refractivity contribution in [3.8, 4) is 0 Å². The molecule has 1 amide bonds. The smallest absolute Gasteiger partial charge is 0.262 e. The van der Waals surface area contributed by atoms with Crippen LogP contribution in [0.2, 0.25) is 0 Å². The van der Waals surface area contributed by atoms with Gasteiger partial charge in [0.2, 0.25) is 5.91 Å². The first kappa shape index (κ1) is 18.3. The van der Waals surface area contributed by atoms with Gasteiger partial charge in [-0.1, -0.05) is 5.16 Å². The summed E-state index contributed by atoms with van der Waals surface area (Å²) in [6.07, 6.45) is 0.0724. The predicted octanol–water partition coefficient (Wildman–Crippen LogP) is 1.79. The summed E-state index contributed by atoms with van der Waals surface area (Å²) in [5.41, 5.74) is 1.54. The molecule has 0 aromatic carbocycles. The Morgan fingerprint density at radius 2 is 2.12 bits per heavy atom. The van der Waals surface area contributed by atoms with Crippen LogP contribution in [0.1, 0.15) is 30.4 Å². The fourth-order valence-electron chi connectivity index (χ4n) is 3.64. The zero-order valence-electron chi connectivity index (χ0n) is 14.9. The summed E-state index contributed by atoms with van der Waals surface area (Å²) in [6.45, 7) is 7.01. The molecule has 25 heavy (non-hydrogen) atoms. The average Bonchev–Trinajstić information content (AvgIpc) is 2.96. The van der Waals surface area contributed by atoms with Gasteiger partial charge in [0.25, 0.3) is 5.92 Å². The van der Waals surface area contributed by atoms with Crippen molar-refractivity contribution in [1.29, 1.82) is 0 Å². The van der Waals surface area contributed by atoms with Crippen LogP contribution in [0.5, 0.6) is 0 Å². The van der Waals surface area contributed by atoms with E-state index in [1.165, 1.54) is 0 Å². The van der Waals surface area contributed by atoms with Crippen LogP contribution in [-0.4, -0.2) is 71.7 Å². The Morgan fingerprint density at radius 3 is 2.72 bits per heavy atom. The summed E-state index contributed by atoms with van der Waals surface area (Å²) in [5, 5.41) is 3.85. The highest BCUT2D eigenvalue weighted by Crippen LogP contribution is 2.35. The van der Waals surface area contributed by atoms with Crippen LogP contribution in [0, 0.1) is 13.8 Å². The van der Waals surface area contributed by atoms with Crippen molar-refractivity contribution in [2.75, 3.05) is 32.8 Å².